The quantitative estimate of drug-likeness (QED) is 0.615. The number of guanidine groups is 1. The van der Waals surface area contributed by atoms with Crippen LogP contribution in [0.5, 0.6) is 0 Å². The lowest BCUT2D eigenvalue weighted by atomic mass is 10.0. The second kappa shape index (κ2) is 8.94. The molecule has 0 unspecified atom stereocenters. The number of hydrogen-bond donors (Lipinski definition) is 2. The summed E-state index contributed by atoms with van der Waals surface area (Å²) in [5.41, 5.74) is 1.15. The number of benzene rings is 1. The Morgan fingerprint density at radius 2 is 1.93 bits per heavy atom. The molecule has 0 saturated carbocycles. The SMILES string of the molecule is CN=C(NCc1nnc(C)n1C)NC1CCN(Cc2ccc(F)cc2)CC1. The van der Waals surface area contributed by atoms with Gasteiger partial charge in [-0.1, -0.05) is 12.1 Å². The Labute approximate surface area is 159 Å². The minimum atomic E-state index is -0.183. The molecule has 1 fully saturated rings. The van der Waals surface area contributed by atoms with Gasteiger partial charge in [0.2, 0.25) is 0 Å². The van der Waals surface area contributed by atoms with Crippen LogP contribution in [-0.2, 0) is 20.1 Å². The van der Waals surface area contributed by atoms with Gasteiger partial charge >= 0.3 is 0 Å². The summed E-state index contributed by atoms with van der Waals surface area (Å²) in [7, 11) is 3.74. The van der Waals surface area contributed by atoms with E-state index in [4.69, 9.17) is 0 Å². The fourth-order valence-electron chi connectivity index (χ4n) is 3.24. The number of halogens is 1. The zero-order valence-corrected chi connectivity index (χ0v) is 16.2. The average molecular weight is 373 g/mol. The molecule has 146 valence electrons. The number of aryl methyl sites for hydroxylation is 1. The van der Waals surface area contributed by atoms with Crippen molar-refractivity contribution in [2.75, 3.05) is 20.1 Å². The lowest BCUT2D eigenvalue weighted by Gasteiger charge is -2.33. The smallest absolute Gasteiger partial charge is 0.191 e. The summed E-state index contributed by atoms with van der Waals surface area (Å²) >= 11 is 0. The molecule has 0 amide bonds. The van der Waals surface area contributed by atoms with Crippen LogP contribution >= 0.6 is 0 Å². The number of hydrogen-bond acceptors (Lipinski definition) is 4. The largest absolute Gasteiger partial charge is 0.354 e. The summed E-state index contributed by atoms with van der Waals surface area (Å²) < 4.78 is 15.0. The second-order valence-corrected chi connectivity index (χ2v) is 6.97. The van der Waals surface area contributed by atoms with Crippen molar-refractivity contribution in [2.45, 2.75) is 38.9 Å². The fourth-order valence-corrected chi connectivity index (χ4v) is 3.24. The van der Waals surface area contributed by atoms with Crippen molar-refractivity contribution in [3.63, 3.8) is 0 Å². The van der Waals surface area contributed by atoms with Crippen LogP contribution in [0.4, 0.5) is 4.39 Å². The van der Waals surface area contributed by atoms with Gasteiger partial charge in [0.1, 0.15) is 11.6 Å². The van der Waals surface area contributed by atoms with Crippen LogP contribution in [0.3, 0.4) is 0 Å². The van der Waals surface area contributed by atoms with Crippen LogP contribution in [0.2, 0.25) is 0 Å². The number of aromatic nitrogens is 3. The molecule has 0 aliphatic carbocycles. The van der Waals surface area contributed by atoms with Crippen molar-refractivity contribution in [3.05, 3.63) is 47.3 Å². The van der Waals surface area contributed by atoms with Crippen LogP contribution in [0.1, 0.15) is 30.1 Å². The number of nitrogens with zero attached hydrogens (tertiary/aromatic N) is 5. The molecule has 1 aromatic heterocycles. The third kappa shape index (κ3) is 5.26. The van der Waals surface area contributed by atoms with E-state index in [2.05, 4.69) is 30.7 Å². The second-order valence-electron chi connectivity index (χ2n) is 6.97. The maximum Gasteiger partial charge on any atom is 0.191 e. The average Bonchev–Trinajstić information content (AvgIpc) is 3.00. The molecule has 0 radical (unpaired) electrons. The van der Waals surface area contributed by atoms with Gasteiger partial charge in [-0.15, -0.1) is 10.2 Å². The molecule has 2 aromatic rings. The Bertz CT molecular complexity index is 761. The molecule has 1 saturated heterocycles. The maximum absolute atomic E-state index is 13.0. The number of rotatable bonds is 5. The highest BCUT2D eigenvalue weighted by atomic mass is 19.1. The van der Waals surface area contributed by atoms with E-state index in [1.807, 2.05) is 30.7 Å². The van der Waals surface area contributed by atoms with Crippen LogP contribution in [-0.4, -0.2) is 51.8 Å². The molecule has 2 heterocycles. The van der Waals surface area contributed by atoms with Gasteiger partial charge in [-0.2, -0.15) is 0 Å². The minimum Gasteiger partial charge on any atom is -0.354 e. The molecule has 0 bridgehead atoms. The Balaban J connectivity index is 1.43. The van der Waals surface area contributed by atoms with Gasteiger partial charge < -0.3 is 15.2 Å². The van der Waals surface area contributed by atoms with Crippen molar-refractivity contribution in [2.24, 2.45) is 12.0 Å². The third-order valence-corrected chi connectivity index (χ3v) is 5.07. The lowest BCUT2D eigenvalue weighted by Crippen LogP contribution is -2.48. The summed E-state index contributed by atoms with van der Waals surface area (Å²) in [6.07, 6.45) is 2.09. The first-order valence-corrected chi connectivity index (χ1v) is 9.34. The van der Waals surface area contributed by atoms with E-state index >= 15 is 0 Å². The molecule has 0 spiro atoms. The monoisotopic (exact) mass is 373 g/mol. The van der Waals surface area contributed by atoms with Crippen LogP contribution in [0.25, 0.3) is 0 Å². The predicted octanol–water partition coefficient (Wildman–Crippen LogP) is 1.59. The summed E-state index contributed by atoms with van der Waals surface area (Å²) in [5.74, 6) is 2.37. The highest BCUT2D eigenvalue weighted by Crippen LogP contribution is 2.14. The standard InChI is InChI=1S/C19H28FN7/c1-14-24-25-18(26(14)3)12-22-19(21-2)23-17-8-10-27(11-9-17)13-15-4-6-16(20)7-5-15/h4-7,17H,8-13H2,1-3H3,(H2,21,22,23). The Hall–Kier alpha value is -2.48. The molecular weight excluding hydrogens is 345 g/mol. The first-order valence-electron chi connectivity index (χ1n) is 9.34. The molecule has 2 N–H and O–H groups in total. The van der Waals surface area contributed by atoms with Gasteiger partial charge in [-0.25, -0.2) is 4.39 Å². The highest BCUT2D eigenvalue weighted by Gasteiger charge is 2.20. The molecule has 1 aliphatic rings. The van der Waals surface area contributed by atoms with E-state index in [0.717, 1.165) is 55.6 Å². The summed E-state index contributed by atoms with van der Waals surface area (Å²) in [4.78, 5) is 6.72. The first kappa shape index (κ1) is 19.3. The molecule has 27 heavy (non-hydrogen) atoms. The Kier molecular flexibility index (Phi) is 6.39. The van der Waals surface area contributed by atoms with E-state index in [9.17, 15) is 4.39 Å². The predicted molar refractivity (Wildman–Crippen MR) is 104 cm³/mol. The highest BCUT2D eigenvalue weighted by molar-refractivity contribution is 5.79. The van der Waals surface area contributed by atoms with Gasteiger partial charge in [0.05, 0.1) is 6.54 Å². The molecular formula is C19H28FN7. The van der Waals surface area contributed by atoms with Crippen molar-refractivity contribution in [1.82, 2.24) is 30.3 Å². The van der Waals surface area contributed by atoms with Crippen molar-refractivity contribution < 1.29 is 4.39 Å². The number of aliphatic imine (C=N–C) groups is 1. The van der Waals surface area contributed by atoms with Crippen molar-refractivity contribution >= 4 is 5.96 Å². The van der Waals surface area contributed by atoms with Crippen molar-refractivity contribution in [3.8, 4) is 0 Å². The van der Waals surface area contributed by atoms with E-state index in [0.29, 0.717) is 12.6 Å². The topological polar surface area (TPSA) is 70.4 Å². The van der Waals surface area contributed by atoms with Crippen molar-refractivity contribution in [1.29, 1.82) is 0 Å². The van der Waals surface area contributed by atoms with Gasteiger partial charge in [-0.05, 0) is 37.5 Å². The Morgan fingerprint density at radius 3 is 2.52 bits per heavy atom. The summed E-state index contributed by atoms with van der Waals surface area (Å²) in [6, 6.07) is 7.16. The first-order chi connectivity index (χ1) is 13.0. The molecule has 7 nitrogen and oxygen atoms in total. The molecule has 8 heteroatoms. The van der Waals surface area contributed by atoms with Gasteiger partial charge in [0, 0.05) is 39.8 Å². The molecule has 1 aliphatic heterocycles. The molecule has 3 rings (SSSR count). The summed E-state index contributed by atoms with van der Waals surface area (Å²) in [5, 5.41) is 15.0. The summed E-state index contributed by atoms with van der Waals surface area (Å²) in [6.45, 7) is 5.40. The van der Waals surface area contributed by atoms with Gasteiger partial charge in [0.25, 0.3) is 0 Å². The number of piperidine rings is 1. The fraction of sp³-hybridized carbons (Fsp3) is 0.526. The van der Waals surface area contributed by atoms with Gasteiger partial charge in [-0.3, -0.25) is 9.89 Å². The zero-order chi connectivity index (χ0) is 19.2. The van der Waals surface area contributed by atoms with Gasteiger partial charge in [0.15, 0.2) is 11.8 Å². The van der Waals surface area contributed by atoms with E-state index in [1.165, 1.54) is 12.1 Å². The van der Waals surface area contributed by atoms with E-state index in [-0.39, 0.29) is 5.82 Å². The zero-order valence-electron chi connectivity index (χ0n) is 16.2. The Morgan fingerprint density at radius 1 is 1.22 bits per heavy atom. The molecule has 1 aromatic carbocycles. The normalized spacial score (nSPS) is 16.5. The van der Waals surface area contributed by atoms with Crippen LogP contribution < -0.4 is 10.6 Å². The van der Waals surface area contributed by atoms with Crippen LogP contribution in [0.15, 0.2) is 29.3 Å². The minimum absolute atomic E-state index is 0.183. The maximum atomic E-state index is 13.0. The van der Waals surface area contributed by atoms with E-state index < -0.39 is 0 Å². The number of likely N-dealkylation sites (tertiary alicyclic amines) is 1. The third-order valence-electron chi connectivity index (χ3n) is 5.07. The molecule has 0 atom stereocenters. The van der Waals surface area contributed by atoms with Crippen LogP contribution in [0, 0.1) is 12.7 Å². The lowest BCUT2D eigenvalue weighted by molar-refractivity contribution is 0.198. The number of nitrogens with one attached hydrogen (secondary N) is 2. The van der Waals surface area contributed by atoms with E-state index in [1.54, 1.807) is 7.05 Å².